The van der Waals surface area contributed by atoms with Crippen LogP contribution in [0.25, 0.3) is 0 Å². The van der Waals surface area contributed by atoms with E-state index in [1.807, 2.05) is 31.2 Å². The lowest BCUT2D eigenvalue weighted by Gasteiger charge is -2.36. The second-order valence-electron chi connectivity index (χ2n) is 8.56. The molecular formula is C23H27N5O2. The van der Waals surface area contributed by atoms with Gasteiger partial charge >= 0.3 is 6.03 Å². The number of nitrogens with zero attached hydrogens (tertiary/aromatic N) is 4. The molecule has 0 bridgehead atoms. The molecule has 30 heavy (non-hydrogen) atoms. The molecule has 5 rings (SSSR count). The molecule has 0 saturated carbocycles. The van der Waals surface area contributed by atoms with Crippen molar-refractivity contribution in [1.82, 2.24) is 20.1 Å². The first-order chi connectivity index (χ1) is 14.5. The minimum Gasteiger partial charge on any atom is -0.354 e. The van der Waals surface area contributed by atoms with Gasteiger partial charge < -0.3 is 10.2 Å². The maximum Gasteiger partial charge on any atom is 0.326 e. The van der Waals surface area contributed by atoms with Gasteiger partial charge in [-0.15, -0.1) is 0 Å². The lowest BCUT2D eigenvalue weighted by molar-refractivity contribution is -0.132. The van der Waals surface area contributed by atoms with Gasteiger partial charge in [0.25, 0.3) is 5.91 Å². The molecule has 3 aliphatic rings. The van der Waals surface area contributed by atoms with Crippen LogP contribution in [-0.2, 0) is 23.2 Å². The van der Waals surface area contributed by atoms with E-state index < -0.39 is 5.54 Å². The van der Waals surface area contributed by atoms with E-state index in [0.717, 1.165) is 56.8 Å². The first-order valence-corrected chi connectivity index (χ1v) is 10.7. The topological polar surface area (TPSA) is 68.8 Å². The van der Waals surface area contributed by atoms with Crippen molar-refractivity contribution in [2.75, 3.05) is 37.7 Å². The van der Waals surface area contributed by atoms with Crippen LogP contribution in [-0.4, -0.2) is 59.6 Å². The highest BCUT2D eigenvalue weighted by molar-refractivity contribution is 6.07. The van der Waals surface area contributed by atoms with E-state index in [4.69, 9.17) is 0 Å². The molecule has 0 spiro atoms. The Morgan fingerprint density at radius 2 is 1.83 bits per heavy atom. The number of fused-ring (bicyclic) bond motifs is 1. The fourth-order valence-electron chi connectivity index (χ4n) is 4.76. The first-order valence-electron chi connectivity index (χ1n) is 10.7. The maximum absolute atomic E-state index is 13.3. The highest BCUT2D eigenvalue weighted by Gasteiger charge is 2.49. The van der Waals surface area contributed by atoms with E-state index in [2.05, 4.69) is 32.2 Å². The number of nitrogens with one attached hydrogen (secondary N) is 1. The van der Waals surface area contributed by atoms with Gasteiger partial charge in [-0.2, -0.15) is 0 Å². The molecule has 3 heterocycles. The molecule has 2 saturated heterocycles. The summed E-state index contributed by atoms with van der Waals surface area (Å²) in [7, 11) is 0. The number of aromatic nitrogens is 1. The van der Waals surface area contributed by atoms with Crippen molar-refractivity contribution >= 4 is 17.8 Å². The predicted molar refractivity (Wildman–Crippen MR) is 114 cm³/mol. The second kappa shape index (κ2) is 7.40. The average Bonchev–Trinajstić information content (AvgIpc) is 3.33. The summed E-state index contributed by atoms with van der Waals surface area (Å²) < 4.78 is 0. The zero-order valence-corrected chi connectivity index (χ0v) is 17.3. The summed E-state index contributed by atoms with van der Waals surface area (Å²) in [6.45, 7) is 5.35. The number of piperazine rings is 1. The highest BCUT2D eigenvalue weighted by atomic mass is 16.2. The molecule has 1 aliphatic carbocycles. The lowest BCUT2D eigenvalue weighted by Crippen LogP contribution is -2.51. The van der Waals surface area contributed by atoms with E-state index in [9.17, 15) is 9.59 Å². The summed E-state index contributed by atoms with van der Waals surface area (Å²) in [6.07, 6.45) is 5.11. The van der Waals surface area contributed by atoms with Crippen LogP contribution in [0.15, 0.2) is 42.6 Å². The van der Waals surface area contributed by atoms with Crippen LogP contribution < -0.4 is 10.2 Å². The zero-order chi connectivity index (χ0) is 20.7. The monoisotopic (exact) mass is 405 g/mol. The van der Waals surface area contributed by atoms with Crippen LogP contribution in [0, 0.1) is 0 Å². The summed E-state index contributed by atoms with van der Waals surface area (Å²) in [6, 6.07) is 11.8. The molecule has 7 nitrogen and oxygen atoms in total. The molecule has 1 unspecified atom stereocenters. The van der Waals surface area contributed by atoms with Gasteiger partial charge in [0.15, 0.2) is 0 Å². The quantitative estimate of drug-likeness (QED) is 0.789. The van der Waals surface area contributed by atoms with E-state index in [0.29, 0.717) is 6.67 Å². The van der Waals surface area contributed by atoms with E-state index in [1.54, 1.807) is 6.20 Å². The number of carbonyl (C=O) groups excluding carboxylic acids is 2. The van der Waals surface area contributed by atoms with E-state index >= 15 is 0 Å². The third-order valence-corrected chi connectivity index (χ3v) is 6.64. The Balaban J connectivity index is 1.26. The molecule has 0 radical (unpaired) electrons. The molecule has 1 atom stereocenters. The van der Waals surface area contributed by atoms with Crippen molar-refractivity contribution in [2.24, 2.45) is 0 Å². The molecule has 1 aromatic heterocycles. The second-order valence-corrected chi connectivity index (χ2v) is 8.56. The number of amides is 3. The number of hydrogen-bond acceptors (Lipinski definition) is 5. The highest BCUT2D eigenvalue weighted by Crippen LogP contribution is 2.32. The summed E-state index contributed by atoms with van der Waals surface area (Å²) >= 11 is 0. The molecule has 2 aliphatic heterocycles. The molecule has 1 aromatic carbocycles. The number of rotatable bonds is 4. The van der Waals surface area contributed by atoms with Gasteiger partial charge in [-0.05, 0) is 55.0 Å². The average molecular weight is 406 g/mol. The molecule has 7 heteroatoms. The minimum atomic E-state index is -0.996. The Kier molecular flexibility index (Phi) is 4.70. The van der Waals surface area contributed by atoms with Gasteiger partial charge in [-0.1, -0.05) is 24.3 Å². The summed E-state index contributed by atoms with van der Waals surface area (Å²) in [4.78, 5) is 36.2. The number of pyridine rings is 1. The van der Waals surface area contributed by atoms with Crippen molar-refractivity contribution in [2.45, 2.75) is 31.7 Å². The number of imide groups is 1. The number of urea groups is 1. The van der Waals surface area contributed by atoms with Crippen molar-refractivity contribution in [3.05, 3.63) is 59.3 Å². The van der Waals surface area contributed by atoms with E-state index in [1.165, 1.54) is 16.0 Å². The first kappa shape index (κ1) is 19.1. The third kappa shape index (κ3) is 3.23. The van der Waals surface area contributed by atoms with Crippen LogP contribution in [0.3, 0.4) is 0 Å². The maximum atomic E-state index is 13.3. The van der Waals surface area contributed by atoms with Crippen LogP contribution in [0.5, 0.6) is 0 Å². The van der Waals surface area contributed by atoms with Crippen LogP contribution in [0.4, 0.5) is 10.6 Å². The van der Waals surface area contributed by atoms with Gasteiger partial charge in [-0.3, -0.25) is 9.69 Å². The standard InChI is InChI=1S/C23H27N5O2/c1-23(19-9-8-17-5-4-6-18(17)15-19)21(29)28(22(30)25-23)16-26-11-13-27(14-12-26)20-7-2-3-10-24-20/h2-3,7-10,15H,4-6,11-14,16H2,1H3,(H,25,30). The van der Waals surface area contributed by atoms with Crippen molar-refractivity contribution in [1.29, 1.82) is 0 Å². The largest absolute Gasteiger partial charge is 0.354 e. The number of hydrogen-bond donors (Lipinski definition) is 1. The molecular weight excluding hydrogens is 378 g/mol. The van der Waals surface area contributed by atoms with Gasteiger partial charge in [0.1, 0.15) is 11.4 Å². The minimum absolute atomic E-state index is 0.169. The summed E-state index contributed by atoms with van der Waals surface area (Å²) in [5, 5.41) is 2.95. The van der Waals surface area contributed by atoms with Crippen molar-refractivity contribution in [3.8, 4) is 0 Å². The predicted octanol–water partition coefficient (Wildman–Crippen LogP) is 2.12. The molecule has 156 valence electrons. The van der Waals surface area contributed by atoms with E-state index in [-0.39, 0.29) is 11.9 Å². The summed E-state index contributed by atoms with van der Waals surface area (Å²) in [5.41, 5.74) is 2.55. The number of anilines is 1. The Hall–Kier alpha value is -2.93. The van der Waals surface area contributed by atoms with Crippen LogP contribution in [0.2, 0.25) is 0 Å². The molecule has 1 N–H and O–H groups in total. The smallest absolute Gasteiger partial charge is 0.326 e. The lowest BCUT2D eigenvalue weighted by atomic mass is 9.90. The zero-order valence-electron chi connectivity index (χ0n) is 17.3. The van der Waals surface area contributed by atoms with Gasteiger partial charge in [-0.25, -0.2) is 14.7 Å². The summed E-state index contributed by atoms with van der Waals surface area (Å²) in [5.74, 6) is 0.800. The Bertz CT molecular complexity index is 971. The third-order valence-electron chi connectivity index (χ3n) is 6.64. The number of aryl methyl sites for hydroxylation is 2. The Labute approximate surface area is 176 Å². The Morgan fingerprint density at radius 3 is 2.60 bits per heavy atom. The van der Waals surface area contributed by atoms with Crippen molar-refractivity contribution < 1.29 is 9.59 Å². The number of benzene rings is 1. The van der Waals surface area contributed by atoms with Crippen molar-refractivity contribution in [3.63, 3.8) is 0 Å². The molecule has 3 amide bonds. The van der Waals surface area contributed by atoms with Gasteiger partial charge in [0.05, 0.1) is 6.67 Å². The fourth-order valence-corrected chi connectivity index (χ4v) is 4.76. The number of carbonyl (C=O) groups is 2. The van der Waals surface area contributed by atoms with Gasteiger partial charge in [0.2, 0.25) is 0 Å². The molecule has 2 fully saturated rings. The van der Waals surface area contributed by atoms with Gasteiger partial charge in [0, 0.05) is 32.4 Å². The van der Waals surface area contributed by atoms with Crippen LogP contribution >= 0.6 is 0 Å². The SMILES string of the molecule is CC1(c2ccc3c(c2)CCC3)NC(=O)N(CN2CCN(c3ccccn3)CC2)C1=O. The molecule has 2 aromatic rings. The normalized spacial score (nSPS) is 24.3. The van der Waals surface area contributed by atoms with Crippen LogP contribution in [0.1, 0.15) is 30.0 Å². The Morgan fingerprint density at radius 1 is 1.03 bits per heavy atom. The fraction of sp³-hybridized carbons (Fsp3) is 0.435.